The number of hydrogen-bond acceptors (Lipinski definition) is 4. The van der Waals surface area contributed by atoms with Crippen LogP contribution in [0.25, 0.3) is 0 Å². The maximum Gasteiger partial charge on any atom is 0.293 e. The summed E-state index contributed by atoms with van der Waals surface area (Å²) in [6, 6.07) is 14.8. The first-order chi connectivity index (χ1) is 10.9. The van der Waals surface area contributed by atoms with Gasteiger partial charge >= 0.3 is 0 Å². The van der Waals surface area contributed by atoms with E-state index in [9.17, 15) is 4.79 Å². The highest BCUT2D eigenvalue weighted by atomic mass is 32.1. The van der Waals surface area contributed by atoms with Crippen LogP contribution >= 0.6 is 11.3 Å². The van der Waals surface area contributed by atoms with Crippen molar-refractivity contribution < 1.29 is 9.53 Å². The number of ether oxygens (including phenoxy) is 1. The smallest absolute Gasteiger partial charge is 0.293 e. The number of carbonyl (C=O) groups is 1. The molecule has 2 rings (SSSR count). The highest BCUT2D eigenvalue weighted by Crippen LogP contribution is 2.20. The van der Waals surface area contributed by atoms with Crippen molar-refractivity contribution in [2.24, 2.45) is 0 Å². The molecule has 2 aromatic rings. The third-order valence-electron chi connectivity index (χ3n) is 3.07. The van der Waals surface area contributed by atoms with Crippen LogP contribution in [0.2, 0.25) is 0 Å². The molecule has 0 aliphatic carbocycles. The van der Waals surface area contributed by atoms with Crippen LogP contribution < -0.4 is 5.73 Å². The van der Waals surface area contributed by atoms with Crippen molar-refractivity contribution in [3.8, 4) is 0 Å². The Balaban J connectivity index is 0.000000322. The number of nitrogens with two attached hydrogens (primary N) is 1. The van der Waals surface area contributed by atoms with Gasteiger partial charge in [-0.1, -0.05) is 30.3 Å². The van der Waals surface area contributed by atoms with Crippen LogP contribution in [0.5, 0.6) is 0 Å². The lowest BCUT2D eigenvalue weighted by atomic mass is 10.1. The Labute approximate surface area is 143 Å². The van der Waals surface area contributed by atoms with Crippen molar-refractivity contribution in [1.29, 1.82) is 0 Å². The number of carbonyl (C=O) groups excluding carboxylic acids is 1. The van der Waals surface area contributed by atoms with Crippen LogP contribution in [0.3, 0.4) is 0 Å². The Hall–Kier alpha value is -1.81. The van der Waals surface area contributed by atoms with E-state index in [2.05, 4.69) is 41.1 Å². The molecule has 0 bridgehead atoms. The topological polar surface area (TPSA) is 52.3 Å². The van der Waals surface area contributed by atoms with E-state index in [1.165, 1.54) is 29.7 Å². The zero-order chi connectivity index (χ0) is 17.1. The monoisotopic (exact) mass is 333 g/mol. The molecule has 0 radical (unpaired) electrons. The number of thiophene rings is 1. The summed E-state index contributed by atoms with van der Waals surface area (Å²) in [5, 5.41) is 0.929. The van der Waals surface area contributed by atoms with E-state index in [-0.39, 0.29) is 5.60 Å². The molecule has 126 valence electrons. The molecule has 1 heterocycles. The molecule has 0 fully saturated rings. The number of anilines is 1. The summed E-state index contributed by atoms with van der Waals surface area (Å²) in [6.45, 7) is 5.92. The van der Waals surface area contributed by atoms with E-state index in [0.29, 0.717) is 6.47 Å². The number of rotatable bonds is 6. The average molecular weight is 333 g/mol. The number of hydrogen-bond donors (Lipinski definition) is 1. The molecule has 0 saturated carbocycles. The van der Waals surface area contributed by atoms with E-state index >= 15 is 0 Å². The predicted molar refractivity (Wildman–Crippen MR) is 98.7 cm³/mol. The standard InChI is InChI=1S/C14H17NS.C5H10O2/c15-14-11-10-13(16-14)9-5-4-8-12-6-2-1-3-7-12;1-5(2,3)7-4-6/h1-3,6-7,10-11H,4-5,8-9,15H2;4H,1-3H3. The average Bonchev–Trinajstić information content (AvgIpc) is 2.90. The maximum atomic E-state index is 9.60. The second-order valence-corrected chi connectivity index (χ2v) is 7.52. The van der Waals surface area contributed by atoms with Crippen molar-refractivity contribution in [2.75, 3.05) is 5.73 Å². The minimum atomic E-state index is -0.318. The number of unbranched alkanes of at least 4 members (excludes halogenated alkanes) is 1. The first-order valence-electron chi connectivity index (χ1n) is 7.90. The Morgan fingerprint density at radius 3 is 2.17 bits per heavy atom. The molecule has 23 heavy (non-hydrogen) atoms. The molecule has 0 saturated heterocycles. The molecule has 0 spiro atoms. The first-order valence-corrected chi connectivity index (χ1v) is 8.72. The van der Waals surface area contributed by atoms with Crippen LogP contribution in [0.15, 0.2) is 42.5 Å². The Morgan fingerprint density at radius 1 is 1.04 bits per heavy atom. The molecule has 0 aliphatic heterocycles. The summed E-state index contributed by atoms with van der Waals surface area (Å²) < 4.78 is 4.55. The van der Waals surface area contributed by atoms with Gasteiger partial charge in [0, 0.05) is 4.88 Å². The van der Waals surface area contributed by atoms with Gasteiger partial charge < -0.3 is 10.5 Å². The fourth-order valence-corrected chi connectivity index (χ4v) is 2.77. The highest BCUT2D eigenvalue weighted by molar-refractivity contribution is 7.15. The fourth-order valence-electron chi connectivity index (χ4n) is 1.95. The van der Waals surface area contributed by atoms with E-state index in [4.69, 9.17) is 5.73 Å². The number of benzene rings is 1. The van der Waals surface area contributed by atoms with Gasteiger partial charge in [-0.15, -0.1) is 11.3 Å². The molecule has 2 N–H and O–H groups in total. The van der Waals surface area contributed by atoms with Gasteiger partial charge in [0.2, 0.25) is 0 Å². The Morgan fingerprint density at radius 2 is 1.70 bits per heavy atom. The third-order valence-corrected chi connectivity index (χ3v) is 4.04. The van der Waals surface area contributed by atoms with Gasteiger partial charge in [-0.3, -0.25) is 4.79 Å². The third kappa shape index (κ3) is 9.74. The minimum Gasteiger partial charge on any atom is -0.462 e. The van der Waals surface area contributed by atoms with Crippen LogP contribution in [0, 0.1) is 0 Å². The lowest BCUT2D eigenvalue weighted by Gasteiger charge is -2.14. The maximum absolute atomic E-state index is 9.60. The van der Waals surface area contributed by atoms with Crippen molar-refractivity contribution >= 4 is 22.8 Å². The molecule has 4 heteroatoms. The summed E-state index contributed by atoms with van der Waals surface area (Å²) in [4.78, 5) is 11.0. The molecular weight excluding hydrogens is 306 g/mol. The van der Waals surface area contributed by atoms with E-state index in [0.717, 1.165) is 11.4 Å². The number of nitrogen functional groups attached to an aromatic ring is 1. The largest absolute Gasteiger partial charge is 0.462 e. The van der Waals surface area contributed by atoms with Crippen LogP contribution in [-0.2, 0) is 22.4 Å². The SMILES string of the molecule is CC(C)(C)OC=O.Nc1ccc(CCCCc2ccccc2)s1. The van der Waals surface area contributed by atoms with Crippen molar-refractivity contribution in [3.63, 3.8) is 0 Å². The summed E-state index contributed by atoms with van der Waals surface area (Å²) in [5.74, 6) is 0. The molecule has 0 unspecified atom stereocenters. The van der Waals surface area contributed by atoms with Gasteiger partial charge in [-0.25, -0.2) is 0 Å². The molecule has 0 aliphatic rings. The van der Waals surface area contributed by atoms with Gasteiger partial charge in [-0.2, -0.15) is 0 Å². The summed E-state index contributed by atoms with van der Waals surface area (Å²) in [5.41, 5.74) is 6.81. The zero-order valence-electron chi connectivity index (χ0n) is 14.2. The molecule has 3 nitrogen and oxygen atoms in total. The summed E-state index contributed by atoms with van der Waals surface area (Å²) >= 11 is 1.71. The van der Waals surface area contributed by atoms with Gasteiger partial charge in [-0.05, 0) is 64.2 Å². The Kier molecular flexibility index (Phi) is 8.41. The second-order valence-electron chi connectivity index (χ2n) is 6.32. The van der Waals surface area contributed by atoms with Gasteiger partial charge in [0.1, 0.15) is 5.60 Å². The Bertz CT molecular complexity index is 558. The first kappa shape index (κ1) is 19.2. The van der Waals surface area contributed by atoms with Crippen LogP contribution in [0.1, 0.15) is 44.1 Å². The van der Waals surface area contributed by atoms with Crippen molar-refractivity contribution in [2.45, 2.75) is 52.1 Å². The molecule has 0 atom stereocenters. The van der Waals surface area contributed by atoms with Gasteiger partial charge in [0.25, 0.3) is 6.47 Å². The van der Waals surface area contributed by atoms with Crippen LogP contribution in [0.4, 0.5) is 5.00 Å². The van der Waals surface area contributed by atoms with E-state index < -0.39 is 0 Å². The quantitative estimate of drug-likeness (QED) is 0.607. The predicted octanol–water partition coefficient (Wildman–Crippen LogP) is 4.85. The highest BCUT2D eigenvalue weighted by Gasteiger charge is 2.07. The molecule has 1 aromatic carbocycles. The summed E-state index contributed by atoms with van der Waals surface area (Å²) in [7, 11) is 0. The normalized spacial score (nSPS) is 10.6. The lowest BCUT2D eigenvalue weighted by Crippen LogP contribution is -2.17. The minimum absolute atomic E-state index is 0.318. The van der Waals surface area contributed by atoms with E-state index in [1.54, 1.807) is 11.3 Å². The number of aryl methyl sites for hydroxylation is 2. The lowest BCUT2D eigenvalue weighted by molar-refractivity contribution is -0.138. The zero-order valence-corrected chi connectivity index (χ0v) is 15.1. The van der Waals surface area contributed by atoms with Crippen molar-refractivity contribution in [1.82, 2.24) is 0 Å². The van der Waals surface area contributed by atoms with Gasteiger partial charge in [0.05, 0.1) is 5.00 Å². The molecular formula is C19H27NO2S. The molecule has 0 amide bonds. The van der Waals surface area contributed by atoms with E-state index in [1.807, 2.05) is 26.8 Å². The molecule has 1 aromatic heterocycles. The summed E-state index contributed by atoms with van der Waals surface area (Å²) in [6.07, 6.45) is 4.84. The second kappa shape index (κ2) is 10.1. The van der Waals surface area contributed by atoms with Crippen molar-refractivity contribution in [3.05, 3.63) is 52.9 Å². The fraction of sp³-hybridized carbons (Fsp3) is 0.421. The van der Waals surface area contributed by atoms with Crippen LogP contribution in [-0.4, -0.2) is 12.1 Å². The van der Waals surface area contributed by atoms with Gasteiger partial charge in [0.15, 0.2) is 0 Å².